The summed E-state index contributed by atoms with van der Waals surface area (Å²) in [5, 5.41) is 8.57. The fourth-order valence-corrected chi connectivity index (χ4v) is 3.24. The molecule has 2 heterocycles. The second-order valence-corrected chi connectivity index (χ2v) is 6.93. The summed E-state index contributed by atoms with van der Waals surface area (Å²) in [7, 11) is 0. The van der Waals surface area contributed by atoms with Crippen molar-refractivity contribution in [3.63, 3.8) is 0 Å². The molecule has 2 N–H and O–H groups in total. The third-order valence-corrected chi connectivity index (χ3v) is 4.59. The topological polar surface area (TPSA) is 66.9 Å². The molecule has 1 atom stereocenters. The highest BCUT2D eigenvalue weighted by Gasteiger charge is 2.25. The summed E-state index contributed by atoms with van der Waals surface area (Å²) in [5.41, 5.74) is 0.556. The van der Waals surface area contributed by atoms with Gasteiger partial charge in [0.25, 0.3) is 0 Å². The Balaban J connectivity index is 2.27. The highest BCUT2D eigenvalue weighted by molar-refractivity contribution is 7.17. The molecule has 1 amide bonds. The highest BCUT2D eigenvalue weighted by atomic mass is 35.5. The van der Waals surface area contributed by atoms with Gasteiger partial charge in [-0.1, -0.05) is 19.8 Å². The molecule has 1 unspecified atom stereocenters. The van der Waals surface area contributed by atoms with Crippen molar-refractivity contribution in [2.45, 2.75) is 45.6 Å². The van der Waals surface area contributed by atoms with Gasteiger partial charge in [0.1, 0.15) is 5.82 Å². The third kappa shape index (κ3) is 4.30. The first-order valence-electron chi connectivity index (χ1n) is 7.37. The van der Waals surface area contributed by atoms with Gasteiger partial charge in [0.05, 0.1) is 15.8 Å². The molecule has 0 bridgehead atoms. The van der Waals surface area contributed by atoms with Crippen molar-refractivity contribution in [3.05, 3.63) is 16.7 Å². The van der Waals surface area contributed by atoms with Gasteiger partial charge in [-0.05, 0) is 36.4 Å². The number of unbranched alkanes of at least 4 members (excludes halogenated alkanes) is 1. The number of nitrogens with one attached hydrogen (secondary N) is 2. The van der Waals surface area contributed by atoms with Crippen LogP contribution in [0.15, 0.2) is 11.4 Å². The average Bonchev–Trinajstić information content (AvgIpc) is 2.91. The van der Waals surface area contributed by atoms with Crippen LogP contribution in [-0.4, -0.2) is 28.0 Å². The Bertz CT molecular complexity index is 660. The lowest BCUT2D eigenvalue weighted by Gasteiger charge is -2.32. The van der Waals surface area contributed by atoms with E-state index in [0.717, 1.165) is 35.3 Å². The smallest absolute Gasteiger partial charge is 0.224 e. The largest absolute Gasteiger partial charge is 0.362 e. The molecule has 0 spiro atoms. The summed E-state index contributed by atoms with van der Waals surface area (Å²) in [6.45, 7) is 6.31. The monoisotopic (exact) mass is 340 g/mol. The Hall–Kier alpha value is -1.40. The Morgan fingerprint density at radius 1 is 1.45 bits per heavy atom. The zero-order valence-corrected chi connectivity index (χ0v) is 14.6. The predicted molar refractivity (Wildman–Crippen MR) is 92.7 cm³/mol. The van der Waals surface area contributed by atoms with E-state index in [2.05, 4.69) is 34.4 Å². The number of thiophene rings is 1. The summed E-state index contributed by atoms with van der Waals surface area (Å²) in [6, 6.07) is 1.93. The van der Waals surface area contributed by atoms with Crippen LogP contribution in [0, 0.1) is 0 Å². The van der Waals surface area contributed by atoms with E-state index in [0.29, 0.717) is 6.54 Å². The van der Waals surface area contributed by atoms with Crippen molar-refractivity contribution in [2.24, 2.45) is 0 Å². The quantitative estimate of drug-likeness (QED) is 0.751. The van der Waals surface area contributed by atoms with Crippen LogP contribution in [0.4, 0.5) is 5.82 Å². The van der Waals surface area contributed by atoms with E-state index >= 15 is 0 Å². The zero-order chi connectivity index (χ0) is 16.2. The van der Waals surface area contributed by atoms with Crippen molar-refractivity contribution in [1.82, 2.24) is 15.3 Å². The van der Waals surface area contributed by atoms with Crippen molar-refractivity contribution in [3.8, 4) is 0 Å². The normalized spacial score (nSPS) is 13.8. The molecule has 120 valence electrons. The first kappa shape index (κ1) is 17.0. The van der Waals surface area contributed by atoms with Crippen molar-refractivity contribution in [1.29, 1.82) is 0 Å². The van der Waals surface area contributed by atoms with Crippen molar-refractivity contribution < 1.29 is 4.79 Å². The SMILES string of the molecule is CCCCC(C)(CNC(C)=O)Nc1nc(Cl)nc2ccsc12. The number of nitrogens with zero attached hydrogens (tertiary/aromatic N) is 2. The molecule has 0 saturated carbocycles. The minimum Gasteiger partial charge on any atom is -0.362 e. The van der Waals surface area contributed by atoms with E-state index in [1.54, 1.807) is 11.3 Å². The number of aromatic nitrogens is 2. The standard InChI is InChI=1S/C15H21ClN4OS/c1-4-5-7-15(3,9-17-10(2)21)20-13-12-11(6-8-22-12)18-14(16)19-13/h6,8H,4-5,7,9H2,1-3H3,(H,17,21)(H,18,19,20). The van der Waals surface area contributed by atoms with Gasteiger partial charge < -0.3 is 10.6 Å². The summed E-state index contributed by atoms with van der Waals surface area (Å²) in [6.07, 6.45) is 3.09. The maximum Gasteiger partial charge on any atom is 0.224 e. The van der Waals surface area contributed by atoms with Gasteiger partial charge in [-0.25, -0.2) is 4.98 Å². The molecule has 22 heavy (non-hydrogen) atoms. The number of carbonyl (C=O) groups is 1. The van der Waals surface area contributed by atoms with Gasteiger partial charge in [-0.15, -0.1) is 11.3 Å². The number of halogens is 1. The Morgan fingerprint density at radius 3 is 2.91 bits per heavy atom. The molecule has 2 aromatic rings. The zero-order valence-electron chi connectivity index (χ0n) is 13.1. The summed E-state index contributed by atoms with van der Waals surface area (Å²) in [5.74, 6) is 0.695. The summed E-state index contributed by atoms with van der Waals surface area (Å²) >= 11 is 7.59. The van der Waals surface area contributed by atoms with Crippen LogP contribution in [0.2, 0.25) is 5.28 Å². The predicted octanol–water partition coefficient (Wildman–Crippen LogP) is 3.84. The molecule has 0 aliphatic rings. The Morgan fingerprint density at radius 2 is 2.23 bits per heavy atom. The van der Waals surface area contributed by atoms with Crippen LogP contribution in [-0.2, 0) is 4.79 Å². The molecular formula is C15H21ClN4OS. The summed E-state index contributed by atoms with van der Waals surface area (Å²) < 4.78 is 0.981. The van der Waals surface area contributed by atoms with E-state index in [1.165, 1.54) is 6.92 Å². The first-order valence-corrected chi connectivity index (χ1v) is 8.62. The van der Waals surface area contributed by atoms with Crippen molar-refractivity contribution in [2.75, 3.05) is 11.9 Å². The molecule has 0 fully saturated rings. The van der Waals surface area contributed by atoms with E-state index < -0.39 is 0 Å². The van der Waals surface area contributed by atoms with E-state index in [-0.39, 0.29) is 16.7 Å². The van der Waals surface area contributed by atoms with E-state index in [1.807, 2.05) is 11.4 Å². The second kappa shape index (κ2) is 7.24. The molecule has 0 aromatic carbocycles. The molecule has 0 saturated heterocycles. The molecule has 2 aromatic heterocycles. The van der Waals surface area contributed by atoms with Gasteiger partial charge in [-0.2, -0.15) is 4.98 Å². The van der Waals surface area contributed by atoms with Crippen LogP contribution in [0.1, 0.15) is 40.0 Å². The molecule has 7 heteroatoms. The molecule has 0 aliphatic carbocycles. The second-order valence-electron chi connectivity index (χ2n) is 5.68. The average molecular weight is 341 g/mol. The number of hydrogen-bond acceptors (Lipinski definition) is 5. The first-order chi connectivity index (χ1) is 10.4. The lowest BCUT2D eigenvalue weighted by Crippen LogP contribution is -2.46. The third-order valence-electron chi connectivity index (χ3n) is 3.51. The lowest BCUT2D eigenvalue weighted by atomic mass is 9.94. The number of amides is 1. The molecule has 2 rings (SSSR count). The summed E-state index contributed by atoms with van der Waals surface area (Å²) in [4.78, 5) is 19.8. The molecule has 0 radical (unpaired) electrons. The number of anilines is 1. The number of rotatable bonds is 7. The number of hydrogen-bond donors (Lipinski definition) is 2. The Labute approximate surface area is 139 Å². The maximum absolute atomic E-state index is 11.3. The fraction of sp³-hybridized carbons (Fsp3) is 0.533. The van der Waals surface area contributed by atoms with Gasteiger partial charge in [-0.3, -0.25) is 4.79 Å². The lowest BCUT2D eigenvalue weighted by molar-refractivity contribution is -0.119. The fourth-order valence-electron chi connectivity index (χ4n) is 2.29. The van der Waals surface area contributed by atoms with E-state index in [4.69, 9.17) is 11.6 Å². The minimum absolute atomic E-state index is 0.0356. The van der Waals surface area contributed by atoms with E-state index in [9.17, 15) is 4.79 Å². The minimum atomic E-state index is -0.281. The molecular weight excluding hydrogens is 320 g/mol. The van der Waals surface area contributed by atoms with Gasteiger partial charge >= 0.3 is 0 Å². The number of fused-ring (bicyclic) bond motifs is 1. The van der Waals surface area contributed by atoms with Crippen LogP contribution in [0.3, 0.4) is 0 Å². The molecule has 5 nitrogen and oxygen atoms in total. The van der Waals surface area contributed by atoms with Crippen LogP contribution in [0.25, 0.3) is 10.2 Å². The molecule has 0 aliphatic heterocycles. The van der Waals surface area contributed by atoms with Crippen LogP contribution < -0.4 is 10.6 Å². The Kier molecular flexibility index (Phi) is 5.58. The number of carbonyl (C=O) groups excluding carboxylic acids is 1. The maximum atomic E-state index is 11.3. The van der Waals surface area contributed by atoms with Crippen molar-refractivity contribution >= 4 is 44.9 Å². The van der Waals surface area contributed by atoms with Crippen LogP contribution >= 0.6 is 22.9 Å². The van der Waals surface area contributed by atoms with Gasteiger partial charge in [0.2, 0.25) is 11.2 Å². The van der Waals surface area contributed by atoms with Gasteiger partial charge in [0, 0.05) is 13.5 Å². The van der Waals surface area contributed by atoms with Crippen LogP contribution in [0.5, 0.6) is 0 Å². The van der Waals surface area contributed by atoms with Gasteiger partial charge in [0.15, 0.2) is 0 Å². The highest BCUT2D eigenvalue weighted by Crippen LogP contribution is 2.30.